The molecule has 2 aromatic rings. The van der Waals surface area contributed by atoms with Crippen LogP contribution in [0.15, 0.2) is 42.5 Å². The summed E-state index contributed by atoms with van der Waals surface area (Å²) in [6.07, 6.45) is 2.55. The summed E-state index contributed by atoms with van der Waals surface area (Å²) in [5.74, 6) is 1.54. The fraction of sp³-hybridized carbons (Fsp3) is 0.429. The van der Waals surface area contributed by atoms with Crippen molar-refractivity contribution in [3.8, 4) is 11.1 Å². The van der Waals surface area contributed by atoms with Crippen LogP contribution in [-0.2, 0) is 6.42 Å². The predicted molar refractivity (Wildman–Crippen MR) is 111 cm³/mol. The molecule has 0 aliphatic carbocycles. The maximum atomic E-state index is 2.68. The van der Waals surface area contributed by atoms with Gasteiger partial charge in [0, 0.05) is 37.8 Å². The van der Waals surface area contributed by atoms with Crippen LogP contribution in [0.25, 0.3) is 11.1 Å². The fourth-order valence-electron chi connectivity index (χ4n) is 5.04. The number of anilines is 1. The average Bonchev–Trinajstić information content (AvgIpc) is 2.96. The lowest BCUT2D eigenvalue weighted by atomic mass is 9.79. The van der Waals surface area contributed by atoms with E-state index in [1.807, 2.05) is 0 Å². The smallest absolute Gasteiger partial charge is 0.0435 e. The molecule has 2 aromatic carbocycles. The Kier molecular flexibility index (Phi) is 5.34. The van der Waals surface area contributed by atoms with E-state index in [4.69, 9.17) is 0 Å². The summed E-state index contributed by atoms with van der Waals surface area (Å²) < 4.78 is 0. The molecule has 2 nitrogen and oxygen atoms in total. The second kappa shape index (κ2) is 7.19. The topological polar surface area (TPSA) is 6.48 Å². The van der Waals surface area contributed by atoms with Crippen molar-refractivity contribution in [1.29, 1.82) is 0 Å². The maximum absolute atomic E-state index is 2.68. The summed E-state index contributed by atoms with van der Waals surface area (Å²) in [5, 5.41) is 0. The molecule has 0 radical (unpaired) electrons. The molecule has 0 unspecified atom stereocenters. The lowest BCUT2D eigenvalue weighted by Crippen LogP contribution is -2.41. The highest BCUT2D eigenvalue weighted by Crippen LogP contribution is 2.47. The Morgan fingerprint density at radius 2 is 1.72 bits per heavy atom. The number of likely N-dealkylation sites (N-methyl/N-ethyl adjacent to an activating group) is 1. The Morgan fingerprint density at radius 3 is 2.52 bits per heavy atom. The van der Waals surface area contributed by atoms with Gasteiger partial charge in [-0.05, 0) is 60.2 Å². The molecule has 0 spiro atoms. The molecule has 1 saturated heterocycles. The van der Waals surface area contributed by atoms with E-state index in [0.29, 0.717) is 0 Å². The molecule has 2 atom stereocenters. The average molecular weight is 377 g/mol. The quantitative estimate of drug-likeness (QED) is 0.716. The third kappa shape index (κ3) is 3.05. The maximum Gasteiger partial charge on any atom is 0.0435 e. The van der Waals surface area contributed by atoms with Gasteiger partial charge in [-0.25, -0.2) is 0 Å². The summed E-state index contributed by atoms with van der Waals surface area (Å²) in [6.45, 7) is 4.99. The Balaban J connectivity index is 0.000000911. The highest BCUT2D eigenvalue weighted by atomic mass is 35.5. The molecule has 0 saturated carbocycles. The van der Waals surface area contributed by atoms with Crippen molar-refractivity contribution >= 4 is 30.5 Å². The van der Waals surface area contributed by atoms with Gasteiger partial charge in [0.25, 0.3) is 0 Å². The van der Waals surface area contributed by atoms with Crippen LogP contribution < -0.4 is 4.90 Å². The fourth-order valence-corrected chi connectivity index (χ4v) is 5.04. The van der Waals surface area contributed by atoms with E-state index in [1.54, 1.807) is 16.8 Å². The highest BCUT2D eigenvalue weighted by molar-refractivity contribution is 5.85. The van der Waals surface area contributed by atoms with Crippen LogP contribution in [0.2, 0.25) is 0 Å². The SMILES string of the molecule is CN1C[C@@H]2CN3CCCc4cc(-c5ccccc5)cc(c43)[C@@H]2C1.Cl.Cl. The zero-order valence-corrected chi connectivity index (χ0v) is 16.3. The van der Waals surface area contributed by atoms with Crippen molar-refractivity contribution in [3.05, 3.63) is 53.6 Å². The zero-order chi connectivity index (χ0) is 15.4. The second-order valence-electron chi connectivity index (χ2n) is 7.58. The normalized spacial score (nSPS) is 24.0. The van der Waals surface area contributed by atoms with Crippen LogP contribution in [0.5, 0.6) is 0 Å². The minimum absolute atomic E-state index is 0. The molecule has 25 heavy (non-hydrogen) atoms. The molecule has 0 N–H and O–H groups in total. The van der Waals surface area contributed by atoms with Gasteiger partial charge in [-0.3, -0.25) is 0 Å². The summed E-state index contributed by atoms with van der Waals surface area (Å²) in [5.41, 5.74) is 7.57. The first kappa shape index (κ1) is 18.6. The summed E-state index contributed by atoms with van der Waals surface area (Å²) in [4.78, 5) is 5.21. The molecular formula is C21H26Cl2N2. The zero-order valence-electron chi connectivity index (χ0n) is 14.6. The number of likely N-dealkylation sites (tertiary alicyclic amines) is 1. The Morgan fingerprint density at radius 1 is 0.920 bits per heavy atom. The van der Waals surface area contributed by atoms with E-state index < -0.39 is 0 Å². The van der Waals surface area contributed by atoms with Gasteiger partial charge in [-0.15, -0.1) is 24.8 Å². The predicted octanol–water partition coefficient (Wildman–Crippen LogP) is 4.61. The first-order chi connectivity index (χ1) is 11.3. The van der Waals surface area contributed by atoms with Crippen LogP contribution in [-0.4, -0.2) is 38.1 Å². The van der Waals surface area contributed by atoms with E-state index in [-0.39, 0.29) is 24.8 Å². The highest BCUT2D eigenvalue weighted by Gasteiger charge is 2.40. The van der Waals surface area contributed by atoms with Gasteiger partial charge in [0.1, 0.15) is 0 Å². The van der Waals surface area contributed by atoms with Crippen LogP contribution in [0.4, 0.5) is 5.69 Å². The lowest BCUT2D eigenvalue weighted by molar-refractivity contribution is 0.393. The molecule has 1 fully saturated rings. The van der Waals surface area contributed by atoms with E-state index in [9.17, 15) is 0 Å². The monoisotopic (exact) mass is 376 g/mol. The first-order valence-corrected chi connectivity index (χ1v) is 8.95. The van der Waals surface area contributed by atoms with Crippen LogP contribution >= 0.6 is 24.8 Å². The van der Waals surface area contributed by atoms with E-state index in [1.165, 1.54) is 50.1 Å². The number of hydrogen-bond acceptors (Lipinski definition) is 2. The van der Waals surface area contributed by atoms with Crippen molar-refractivity contribution in [2.24, 2.45) is 5.92 Å². The third-order valence-electron chi connectivity index (χ3n) is 5.99. The van der Waals surface area contributed by atoms with Gasteiger partial charge >= 0.3 is 0 Å². The molecule has 134 valence electrons. The van der Waals surface area contributed by atoms with Crippen molar-refractivity contribution in [2.75, 3.05) is 38.1 Å². The molecule has 0 aromatic heterocycles. The number of hydrogen-bond donors (Lipinski definition) is 0. The van der Waals surface area contributed by atoms with Gasteiger partial charge in [-0.1, -0.05) is 30.3 Å². The van der Waals surface area contributed by atoms with Gasteiger partial charge in [-0.2, -0.15) is 0 Å². The molecular weight excluding hydrogens is 351 g/mol. The largest absolute Gasteiger partial charge is 0.371 e. The Bertz CT molecular complexity index is 747. The van der Waals surface area contributed by atoms with Crippen molar-refractivity contribution < 1.29 is 0 Å². The summed E-state index contributed by atoms with van der Waals surface area (Å²) >= 11 is 0. The molecule has 3 aliphatic rings. The minimum Gasteiger partial charge on any atom is -0.371 e. The minimum atomic E-state index is 0. The van der Waals surface area contributed by atoms with Gasteiger partial charge < -0.3 is 9.80 Å². The lowest BCUT2D eigenvalue weighted by Gasteiger charge is -2.42. The molecule has 3 aliphatic heterocycles. The van der Waals surface area contributed by atoms with Crippen LogP contribution in [0, 0.1) is 5.92 Å². The number of nitrogens with zero attached hydrogens (tertiary/aromatic N) is 2. The summed E-state index contributed by atoms with van der Waals surface area (Å²) in [7, 11) is 2.28. The Labute approximate surface area is 163 Å². The second-order valence-corrected chi connectivity index (χ2v) is 7.58. The number of benzene rings is 2. The number of aryl methyl sites for hydroxylation is 1. The molecule has 3 heterocycles. The Hall–Kier alpha value is -1.22. The van der Waals surface area contributed by atoms with E-state index in [2.05, 4.69) is 59.3 Å². The number of rotatable bonds is 1. The van der Waals surface area contributed by atoms with Gasteiger partial charge in [0.15, 0.2) is 0 Å². The van der Waals surface area contributed by atoms with Gasteiger partial charge in [0.05, 0.1) is 0 Å². The van der Waals surface area contributed by atoms with Gasteiger partial charge in [0.2, 0.25) is 0 Å². The molecule has 4 heteroatoms. The van der Waals surface area contributed by atoms with E-state index in [0.717, 1.165) is 11.8 Å². The van der Waals surface area contributed by atoms with Crippen LogP contribution in [0.1, 0.15) is 23.5 Å². The van der Waals surface area contributed by atoms with Crippen LogP contribution in [0.3, 0.4) is 0 Å². The number of fused-ring (bicyclic) bond motifs is 2. The number of halogens is 2. The van der Waals surface area contributed by atoms with Crippen molar-refractivity contribution in [3.63, 3.8) is 0 Å². The van der Waals surface area contributed by atoms with Crippen molar-refractivity contribution in [2.45, 2.75) is 18.8 Å². The molecule has 5 rings (SSSR count). The molecule has 0 amide bonds. The van der Waals surface area contributed by atoms with E-state index >= 15 is 0 Å². The van der Waals surface area contributed by atoms with Crippen molar-refractivity contribution in [1.82, 2.24) is 4.90 Å². The molecule has 0 bridgehead atoms. The standard InChI is InChI=1S/C21H24N2.2ClH/c1-22-12-18-13-23-9-5-8-16-10-17(15-6-3-2-4-7-15)11-19(21(16)23)20(18)14-22;;/h2-4,6-7,10-11,18,20H,5,8-9,12-14H2,1H3;2*1H/t18-,20-;;/m1../s1. The first-order valence-electron chi connectivity index (χ1n) is 8.95. The third-order valence-corrected chi connectivity index (χ3v) is 5.99. The summed E-state index contributed by atoms with van der Waals surface area (Å²) in [6, 6.07) is 15.9.